The number of unbranched alkanes of at least 4 members (excludes halogenated alkanes) is 1. The maximum Gasteiger partial charge on any atom is 0.251 e. The molecule has 1 aromatic heterocycles. The van der Waals surface area contributed by atoms with Gasteiger partial charge < -0.3 is 14.8 Å². The number of nitrogens with one attached hydrogen (secondary N) is 1. The van der Waals surface area contributed by atoms with Gasteiger partial charge in [0.15, 0.2) is 0 Å². The average molecular weight is 417 g/mol. The Bertz CT molecular complexity index is 1080. The van der Waals surface area contributed by atoms with E-state index >= 15 is 0 Å². The first-order valence-electron chi connectivity index (χ1n) is 10.8. The van der Waals surface area contributed by atoms with Gasteiger partial charge in [0.1, 0.15) is 17.6 Å². The summed E-state index contributed by atoms with van der Waals surface area (Å²) in [5, 5.41) is 3.10. The van der Waals surface area contributed by atoms with Crippen molar-refractivity contribution >= 4 is 5.91 Å². The van der Waals surface area contributed by atoms with Crippen LogP contribution in [0.15, 0.2) is 60.9 Å². The molecule has 0 spiro atoms. The molecule has 3 aromatic rings. The SMILES string of the molecule is CCCCC1Oc2cnccc2-c2ccc(C(=O)N[C@H](C)c3cccc(OC)c3)cc21. The van der Waals surface area contributed by atoms with Gasteiger partial charge >= 0.3 is 0 Å². The number of aromatic nitrogens is 1. The Morgan fingerprint density at radius 2 is 2.06 bits per heavy atom. The second-order valence-corrected chi connectivity index (χ2v) is 7.89. The molecule has 1 unspecified atom stereocenters. The van der Waals surface area contributed by atoms with Crippen LogP contribution in [0.4, 0.5) is 0 Å². The molecule has 2 atom stereocenters. The van der Waals surface area contributed by atoms with Crippen molar-refractivity contribution in [2.75, 3.05) is 7.11 Å². The van der Waals surface area contributed by atoms with Crippen molar-refractivity contribution in [3.63, 3.8) is 0 Å². The number of carbonyl (C=O) groups excluding carboxylic acids is 1. The van der Waals surface area contributed by atoms with E-state index in [4.69, 9.17) is 9.47 Å². The number of fused-ring (bicyclic) bond motifs is 3. The Morgan fingerprint density at radius 1 is 1.19 bits per heavy atom. The molecule has 0 saturated carbocycles. The van der Waals surface area contributed by atoms with Crippen LogP contribution in [0.2, 0.25) is 0 Å². The molecular formula is C26H28N2O3. The maximum absolute atomic E-state index is 13.0. The van der Waals surface area contributed by atoms with Crippen molar-refractivity contribution in [2.45, 2.75) is 45.3 Å². The zero-order valence-electron chi connectivity index (χ0n) is 18.2. The van der Waals surface area contributed by atoms with Crippen LogP contribution >= 0.6 is 0 Å². The van der Waals surface area contributed by atoms with Crippen LogP contribution in [0.1, 0.15) is 66.7 Å². The van der Waals surface area contributed by atoms with Gasteiger partial charge in [-0.25, -0.2) is 0 Å². The molecule has 1 amide bonds. The van der Waals surface area contributed by atoms with Gasteiger partial charge in [-0.15, -0.1) is 0 Å². The van der Waals surface area contributed by atoms with Gasteiger partial charge in [-0.05, 0) is 61.2 Å². The fourth-order valence-corrected chi connectivity index (χ4v) is 4.01. The van der Waals surface area contributed by atoms with Gasteiger partial charge in [0.25, 0.3) is 5.91 Å². The zero-order valence-corrected chi connectivity index (χ0v) is 18.2. The fourth-order valence-electron chi connectivity index (χ4n) is 4.01. The Labute approximate surface area is 183 Å². The summed E-state index contributed by atoms with van der Waals surface area (Å²) in [6, 6.07) is 15.5. The summed E-state index contributed by atoms with van der Waals surface area (Å²) < 4.78 is 11.6. The predicted octanol–water partition coefficient (Wildman–Crippen LogP) is 5.87. The maximum atomic E-state index is 13.0. The molecular weight excluding hydrogens is 388 g/mol. The second-order valence-electron chi connectivity index (χ2n) is 7.89. The predicted molar refractivity (Wildman–Crippen MR) is 121 cm³/mol. The zero-order chi connectivity index (χ0) is 21.8. The van der Waals surface area contributed by atoms with Crippen LogP contribution in [0, 0.1) is 0 Å². The highest BCUT2D eigenvalue weighted by molar-refractivity contribution is 5.95. The second kappa shape index (κ2) is 9.21. The molecule has 1 N–H and O–H groups in total. The summed E-state index contributed by atoms with van der Waals surface area (Å²) in [4.78, 5) is 17.2. The number of pyridine rings is 1. The van der Waals surface area contributed by atoms with Crippen LogP contribution in [0.3, 0.4) is 0 Å². The van der Waals surface area contributed by atoms with E-state index in [2.05, 4.69) is 17.2 Å². The smallest absolute Gasteiger partial charge is 0.251 e. The number of nitrogens with zero attached hydrogens (tertiary/aromatic N) is 1. The molecule has 0 bridgehead atoms. The molecule has 5 nitrogen and oxygen atoms in total. The standard InChI is InChI=1S/C26H28N2O3/c1-4-5-9-24-23-15-19(10-11-21(23)22-12-13-27-16-25(22)31-24)26(29)28-17(2)18-7-6-8-20(14-18)30-3/h6-8,10-17,24H,4-5,9H2,1-3H3,(H,28,29)/t17-,24?/m1/s1. The number of carbonyl (C=O) groups is 1. The number of methoxy groups -OCH3 is 1. The third-order valence-corrected chi connectivity index (χ3v) is 5.77. The minimum atomic E-state index is -0.141. The minimum absolute atomic E-state index is 0.0739. The van der Waals surface area contributed by atoms with Crippen molar-refractivity contribution in [1.29, 1.82) is 0 Å². The van der Waals surface area contributed by atoms with E-state index in [1.54, 1.807) is 19.5 Å². The summed E-state index contributed by atoms with van der Waals surface area (Å²) in [6.45, 7) is 4.14. The highest BCUT2D eigenvalue weighted by Crippen LogP contribution is 2.43. The van der Waals surface area contributed by atoms with Crippen molar-refractivity contribution in [2.24, 2.45) is 0 Å². The first-order chi connectivity index (χ1) is 15.1. The Morgan fingerprint density at radius 3 is 2.87 bits per heavy atom. The van der Waals surface area contributed by atoms with Crippen LogP contribution in [-0.4, -0.2) is 18.0 Å². The quantitative estimate of drug-likeness (QED) is 0.523. The Balaban J connectivity index is 1.60. The number of hydrogen-bond donors (Lipinski definition) is 1. The van der Waals surface area contributed by atoms with Crippen molar-refractivity contribution in [3.8, 4) is 22.6 Å². The van der Waals surface area contributed by atoms with Gasteiger partial charge in [-0.3, -0.25) is 9.78 Å². The van der Waals surface area contributed by atoms with E-state index in [0.717, 1.165) is 53.0 Å². The monoisotopic (exact) mass is 416 g/mol. The number of benzene rings is 2. The van der Waals surface area contributed by atoms with Gasteiger partial charge in [-0.1, -0.05) is 31.5 Å². The van der Waals surface area contributed by atoms with Gasteiger partial charge in [0.05, 0.1) is 19.3 Å². The van der Waals surface area contributed by atoms with Crippen molar-refractivity contribution < 1.29 is 14.3 Å². The lowest BCUT2D eigenvalue weighted by Crippen LogP contribution is -2.27. The van der Waals surface area contributed by atoms with Crippen molar-refractivity contribution in [1.82, 2.24) is 10.3 Å². The summed E-state index contributed by atoms with van der Waals surface area (Å²) in [7, 11) is 1.64. The summed E-state index contributed by atoms with van der Waals surface area (Å²) >= 11 is 0. The van der Waals surface area contributed by atoms with Gasteiger partial charge in [0.2, 0.25) is 0 Å². The van der Waals surface area contributed by atoms with E-state index < -0.39 is 0 Å². The first-order valence-corrected chi connectivity index (χ1v) is 10.8. The summed E-state index contributed by atoms with van der Waals surface area (Å²) in [6.07, 6.45) is 6.53. The molecule has 2 aromatic carbocycles. The van der Waals surface area contributed by atoms with E-state index in [-0.39, 0.29) is 18.1 Å². The molecule has 1 aliphatic heterocycles. The minimum Gasteiger partial charge on any atom is -0.497 e. The number of hydrogen-bond acceptors (Lipinski definition) is 4. The Hall–Kier alpha value is -3.34. The molecule has 160 valence electrons. The van der Waals surface area contributed by atoms with E-state index in [1.807, 2.05) is 55.5 Å². The largest absolute Gasteiger partial charge is 0.497 e. The molecule has 0 radical (unpaired) electrons. The molecule has 1 aliphatic rings. The molecule has 0 fully saturated rings. The lowest BCUT2D eigenvalue weighted by atomic mass is 9.89. The van der Waals surface area contributed by atoms with Crippen molar-refractivity contribution in [3.05, 3.63) is 77.6 Å². The molecule has 0 saturated heterocycles. The van der Waals surface area contributed by atoms with E-state index in [0.29, 0.717) is 5.56 Å². The molecule has 5 heteroatoms. The van der Waals surface area contributed by atoms with Crippen LogP contribution < -0.4 is 14.8 Å². The van der Waals surface area contributed by atoms with Crippen LogP contribution in [0.25, 0.3) is 11.1 Å². The topological polar surface area (TPSA) is 60.5 Å². The summed E-state index contributed by atoms with van der Waals surface area (Å²) in [5.74, 6) is 1.48. The van der Waals surface area contributed by atoms with E-state index in [1.165, 1.54) is 0 Å². The summed E-state index contributed by atoms with van der Waals surface area (Å²) in [5.41, 5.74) is 4.83. The number of amides is 1. The third kappa shape index (κ3) is 4.41. The lowest BCUT2D eigenvalue weighted by Gasteiger charge is -2.29. The molecule has 4 rings (SSSR count). The number of rotatable bonds is 7. The number of ether oxygens (including phenoxy) is 2. The Kier molecular flexibility index (Phi) is 6.21. The third-order valence-electron chi connectivity index (χ3n) is 5.77. The molecule has 2 heterocycles. The van der Waals surface area contributed by atoms with Gasteiger partial charge in [-0.2, -0.15) is 0 Å². The molecule has 31 heavy (non-hydrogen) atoms. The fraction of sp³-hybridized carbons (Fsp3) is 0.308. The molecule has 0 aliphatic carbocycles. The highest BCUT2D eigenvalue weighted by Gasteiger charge is 2.27. The lowest BCUT2D eigenvalue weighted by molar-refractivity contribution is 0.0939. The van der Waals surface area contributed by atoms with Gasteiger partial charge in [0, 0.05) is 22.9 Å². The average Bonchev–Trinajstić information content (AvgIpc) is 2.82. The highest BCUT2D eigenvalue weighted by atomic mass is 16.5. The van der Waals surface area contributed by atoms with E-state index in [9.17, 15) is 4.79 Å². The van der Waals surface area contributed by atoms with Crippen LogP contribution in [-0.2, 0) is 0 Å². The first kappa shape index (κ1) is 20.9. The van der Waals surface area contributed by atoms with Crippen LogP contribution in [0.5, 0.6) is 11.5 Å². The normalized spacial score (nSPS) is 15.3.